The monoisotopic (exact) mass is 707 g/mol. The second-order valence-corrected chi connectivity index (χ2v) is 15.8. The third-order valence-electron chi connectivity index (χ3n) is 11.4. The Morgan fingerprint density at radius 3 is 2.07 bits per heavy atom. The van der Waals surface area contributed by atoms with Crippen molar-refractivity contribution in [2.24, 2.45) is 0 Å². The summed E-state index contributed by atoms with van der Waals surface area (Å²) in [5.74, 6) is 0. The molecule has 0 aliphatic heterocycles. The summed E-state index contributed by atoms with van der Waals surface area (Å²) >= 11 is 1.87. The molecule has 0 spiro atoms. The van der Waals surface area contributed by atoms with Gasteiger partial charge in [0.2, 0.25) is 0 Å². The Balaban J connectivity index is 1.05. The molecule has 8 aromatic carbocycles. The Morgan fingerprint density at radius 1 is 0.556 bits per heavy atom. The summed E-state index contributed by atoms with van der Waals surface area (Å²) in [5.41, 5.74) is 15.0. The van der Waals surface area contributed by atoms with Crippen LogP contribution < -0.4 is 4.90 Å². The van der Waals surface area contributed by atoms with Crippen molar-refractivity contribution in [3.05, 3.63) is 187 Å². The molecule has 2 aromatic heterocycles. The van der Waals surface area contributed by atoms with Gasteiger partial charge in [-0.2, -0.15) is 0 Å². The summed E-state index contributed by atoms with van der Waals surface area (Å²) in [6.45, 7) is 4.74. The van der Waals surface area contributed by atoms with Gasteiger partial charge in [-0.1, -0.05) is 135 Å². The number of nitrogens with zero attached hydrogens (tertiary/aromatic N) is 1. The van der Waals surface area contributed by atoms with Crippen molar-refractivity contribution in [3.8, 4) is 33.4 Å². The van der Waals surface area contributed by atoms with Gasteiger partial charge in [0.1, 0.15) is 11.2 Å². The van der Waals surface area contributed by atoms with E-state index in [1.165, 1.54) is 48.2 Å². The van der Waals surface area contributed by atoms with Gasteiger partial charge in [-0.3, -0.25) is 0 Å². The fourth-order valence-corrected chi connectivity index (χ4v) is 9.86. The number of benzene rings is 7. The zero-order valence-corrected chi connectivity index (χ0v) is 30.7. The maximum absolute atomic E-state index is 6.42. The Bertz CT molecular complexity index is 3060. The maximum Gasteiger partial charge on any atom is 0.143 e. The predicted octanol–water partition coefficient (Wildman–Crippen LogP) is 14.7. The number of hydrogen-bond acceptors (Lipinski definition) is 3. The molecule has 0 saturated heterocycles. The molecule has 0 N–H and O–H groups in total. The quantitative estimate of drug-likeness (QED) is 0.177. The van der Waals surface area contributed by atoms with Crippen LogP contribution in [-0.2, 0) is 5.41 Å². The fourth-order valence-electron chi connectivity index (χ4n) is 8.64. The van der Waals surface area contributed by atoms with Crippen molar-refractivity contribution in [1.82, 2.24) is 0 Å². The molecule has 254 valence electrons. The van der Waals surface area contributed by atoms with E-state index in [-0.39, 0.29) is 5.41 Å². The van der Waals surface area contributed by atoms with Crippen molar-refractivity contribution in [2.45, 2.75) is 19.3 Å². The zero-order valence-electron chi connectivity index (χ0n) is 29.9. The Labute approximate surface area is 318 Å². The van der Waals surface area contributed by atoms with Crippen molar-refractivity contribution in [2.75, 3.05) is 4.90 Å². The van der Waals surface area contributed by atoms with Crippen molar-refractivity contribution >= 4 is 70.5 Å². The van der Waals surface area contributed by atoms with Crippen LogP contribution in [0.5, 0.6) is 0 Å². The molecule has 3 heteroatoms. The second kappa shape index (κ2) is 11.7. The number of hydrogen-bond donors (Lipinski definition) is 0. The topological polar surface area (TPSA) is 16.4 Å². The molecular weight excluding hydrogens is 675 g/mol. The number of para-hydroxylation sites is 2. The summed E-state index contributed by atoms with van der Waals surface area (Å²) in [7, 11) is 0. The first-order valence-electron chi connectivity index (χ1n) is 18.4. The van der Waals surface area contributed by atoms with E-state index in [1.54, 1.807) is 0 Å². The predicted molar refractivity (Wildman–Crippen MR) is 227 cm³/mol. The number of furan rings is 1. The molecule has 1 aliphatic carbocycles. The average Bonchev–Trinajstić information content (AvgIpc) is 3.87. The molecule has 2 nitrogen and oxygen atoms in total. The van der Waals surface area contributed by atoms with E-state index in [1.807, 2.05) is 29.5 Å². The number of anilines is 3. The molecule has 0 amide bonds. The van der Waals surface area contributed by atoms with E-state index in [4.69, 9.17) is 4.42 Å². The van der Waals surface area contributed by atoms with Gasteiger partial charge in [0.05, 0.1) is 5.39 Å². The normalized spacial score (nSPS) is 13.0. The van der Waals surface area contributed by atoms with Gasteiger partial charge >= 0.3 is 0 Å². The lowest BCUT2D eigenvalue weighted by molar-refractivity contribution is 0.661. The fraction of sp³-hybridized carbons (Fsp3) is 0.0588. The van der Waals surface area contributed by atoms with E-state index in [2.05, 4.69) is 176 Å². The largest absolute Gasteiger partial charge is 0.455 e. The maximum atomic E-state index is 6.42. The van der Waals surface area contributed by atoms with Crippen LogP contribution >= 0.6 is 11.3 Å². The first-order valence-corrected chi connectivity index (χ1v) is 19.2. The van der Waals surface area contributed by atoms with Gasteiger partial charge < -0.3 is 9.32 Å². The molecule has 0 fully saturated rings. The van der Waals surface area contributed by atoms with Crippen molar-refractivity contribution < 1.29 is 4.42 Å². The van der Waals surface area contributed by atoms with E-state index >= 15 is 0 Å². The molecule has 0 radical (unpaired) electrons. The van der Waals surface area contributed by atoms with E-state index in [0.29, 0.717) is 0 Å². The van der Waals surface area contributed by atoms with Crippen LogP contribution in [0, 0.1) is 12.1 Å². The lowest BCUT2D eigenvalue weighted by Gasteiger charge is -2.28. The third-order valence-corrected chi connectivity index (χ3v) is 12.5. The average molecular weight is 708 g/mol. The van der Waals surface area contributed by atoms with Gasteiger partial charge in [0.15, 0.2) is 0 Å². The lowest BCUT2D eigenvalue weighted by atomic mass is 9.82. The van der Waals surface area contributed by atoms with Crippen molar-refractivity contribution in [1.29, 1.82) is 0 Å². The summed E-state index contributed by atoms with van der Waals surface area (Å²) in [5, 5.41) is 4.70. The van der Waals surface area contributed by atoms with Gasteiger partial charge in [-0.05, 0) is 88.0 Å². The highest BCUT2D eigenvalue weighted by Crippen LogP contribution is 2.55. The van der Waals surface area contributed by atoms with E-state index in [9.17, 15) is 0 Å². The molecule has 11 rings (SSSR count). The first-order chi connectivity index (χ1) is 26.5. The summed E-state index contributed by atoms with van der Waals surface area (Å²) < 4.78 is 9.01. The highest BCUT2D eigenvalue weighted by molar-refractivity contribution is 7.26. The van der Waals surface area contributed by atoms with Crippen LogP contribution in [0.4, 0.5) is 17.1 Å². The van der Waals surface area contributed by atoms with Gasteiger partial charge in [-0.15, -0.1) is 11.3 Å². The number of rotatable bonds is 5. The zero-order chi connectivity index (χ0) is 36.0. The minimum Gasteiger partial charge on any atom is -0.455 e. The SMILES string of the molecule is CC1(C)c2cc(N(c3ccc(-c4ccccc4)cc3)c3ccc(-c4cccc5c4oc4ccccc45)cc3)ccc2-c2c1ccc1c2sc2ccc#cc21. The Morgan fingerprint density at radius 2 is 1.26 bits per heavy atom. The van der Waals surface area contributed by atoms with E-state index in [0.717, 1.165) is 55.5 Å². The summed E-state index contributed by atoms with van der Waals surface area (Å²) in [4.78, 5) is 2.39. The number of fused-ring (bicyclic) bond motifs is 10. The standard InChI is InChI=1S/C51H33NOS/c1-51(2)44-30-29-42-40-14-7-9-18-47(40)54-50(42)48(44)43-28-27-37(31-45(43)51)52(35-23-19-33(20-24-35)32-11-4-3-5-12-32)36-25-21-34(22-26-36)38-15-10-16-41-39-13-6-8-17-46(39)53-49(38)41/h3-6,8-13,15-31H,1-2H3. The smallest absolute Gasteiger partial charge is 0.143 e. The van der Waals surface area contributed by atoms with E-state index < -0.39 is 0 Å². The van der Waals surface area contributed by atoms with Crippen LogP contribution in [0.1, 0.15) is 25.0 Å². The minimum absolute atomic E-state index is 0.168. The summed E-state index contributed by atoms with van der Waals surface area (Å²) in [6.07, 6.45) is 0. The molecular formula is C51H33NOS. The molecule has 0 bridgehead atoms. The van der Waals surface area contributed by atoms with Crippen LogP contribution in [0.15, 0.2) is 168 Å². The Kier molecular flexibility index (Phi) is 6.71. The van der Waals surface area contributed by atoms with Gasteiger partial charge in [-0.25, -0.2) is 0 Å². The molecule has 2 heterocycles. The molecule has 10 aromatic rings. The third kappa shape index (κ3) is 4.61. The van der Waals surface area contributed by atoms with Crippen LogP contribution in [-0.4, -0.2) is 0 Å². The highest BCUT2D eigenvalue weighted by atomic mass is 32.1. The molecule has 1 aliphatic rings. The lowest BCUT2D eigenvalue weighted by Crippen LogP contribution is -2.16. The van der Waals surface area contributed by atoms with Gasteiger partial charge in [0.25, 0.3) is 0 Å². The Hall–Kier alpha value is -6.60. The van der Waals surface area contributed by atoms with Crippen molar-refractivity contribution in [3.63, 3.8) is 0 Å². The highest BCUT2D eigenvalue weighted by Gasteiger charge is 2.37. The molecule has 0 saturated carbocycles. The summed E-state index contributed by atoms with van der Waals surface area (Å²) in [6, 6.07) is 65.6. The molecule has 0 atom stereocenters. The van der Waals surface area contributed by atoms with Crippen LogP contribution in [0.2, 0.25) is 0 Å². The second-order valence-electron chi connectivity index (χ2n) is 14.7. The first kappa shape index (κ1) is 31.0. The molecule has 0 unspecified atom stereocenters. The number of thiophene rings is 1. The van der Waals surface area contributed by atoms with Gasteiger partial charge in [0, 0.05) is 59.2 Å². The van der Waals surface area contributed by atoms with Crippen LogP contribution in [0.3, 0.4) is 0 Å². The molecule has 54 heavy (non-hydrogen) atoms. The van der Waals surface area contributed by atoms with Crippen LogP contribution in [0.25, 0.3) is 75.5 Å². The minimum atomic E-state index is -0.168.